The first kappa shape index (κ1) is 13.4. The molecule has 0 atom stereocenters. The average Bonchev–Trinajstić information content (AvgIpc) is 2.98. The van der Waals surface area contributed by atoms with E-state index in [2.05, 4.69) is 5.10 Å². The summed E-state index contributed by atoms with van der Waals surface area (Å²) in [6, 6.07) is 20.3. The molecule has 4 aromatic rings. The van der Waals surface area contributed by atoms with Gasteiger partial charge in [-0.15, -0.1) is 0 Å². The van der Waals surface area contributed by atoms with Crippen molar-refractivity contribution in [1.82, 2.24) is 9.78 Å². The Kier molecular flexibility index (Phi) is 3.01. The molecule has 0 spiro atoms. The van der Waals surface area contributed by atoms with Gasteiger partial charge in [-0.1, -0.05) is 30.3 Å². The van der Waals surface area contributed by atoms with Crippen LogP contribution in [0.3, 0.4) is 0 Å². The van der Waals surface area contributed by atoms with Gasteiger partial charge in [-0.05, 0) is 29.8 Å². The molecule has 23 heavy (non-hydrogen) atoms. The summed E-state index contributed by atoms with van der Waals surface area (Å²) in [6.45, 7) is 0. The van der Waals surface area contributed by atoms with Crippen molar-refractivity contribution in [3.8, 4) is 28.3 Å². The largest absolute Gasteiger partial charge is 0.508 e. The van der Waals surface area contributed by atoms with Gasteiger partial charge >= 0.3 is 0 Å². The molecule has 0 saturated carbocycles. The second-order valence-electron chi connectivity index (χ2n) is 5.37. The second-order valence-corrected chi connectivity index (χ2v) is 5.37. The van der Waals surface area contributed by atoms with Crippen molar-refractivity contribution in [3.63, 3.8) is 0 Å². The third-order valence-corrected chi connectivity index (χ3v) is 3.87. The van der Waals surface area contributed by atoms with Crippen LogP contribution >= 0.6 is 0 Å². The minimum absolute atomic E-state index is 0.185. The first-order chi connectivity index (χ1) is 11.2. The molecule has 1 aromatic heterocycles. The van der Waals surface area contributed by atoms with E-state index in [4.69, 9.17) is 0 Å². The Morgan fingerprint density at radius 2 is 1.65 bits per heavy atom. The number of fused-ring (bicyclic) bond motifs is 1. The maximum absolute atomic E-state index is 10.4. The zero-order valence-corrected chi connectivity index (χ0v) is 12.2. The van der Waals surface area contributed by atoms with Gasteiger partial charge in [0.05, 0.1) is 17.4 Å². The van der Waals surface area contributed by atoms with E-state index in [9.17, 15) is 10.2 Å². The van der Waals surface area contributed by atoms with Crippen LogP contribution in [0.5, 0.6) is 11.5 Å². The SMILES string of the molecule is Oc1ccc2cnn(-c3ccc(-c4ccccc4)c(O)c3)c2c1. The van der Waals surface area contributed by atoms with Crippen molar-refractivity contribution in [3.05, 3.63) is 72.9 Å². The Balaban J connectivity index is 1.84. The average molecular weight is 302 g/mol. The molecule has 4 heteroatoms. The number of rotatable bonds is 2. The van der Waals surface area contributed by atoms with Crippen molar-refractivity contribution in [2.24, 2.45) is 0 Å². The van der Waals surface area contributed by atoms with Crippen molar-refractivity contribution in [1.29, 1.82) is 0 Å². The molecule has 0 fully saturated rings. The summed E-state index contributed by atoms with van der Waals surface area (Å²) in [5.41, 5.74) is 3.26. The maximum atomic E-state index is 10.4. The van der Waals surface area contributed by atoms with E-state index in [1.807, 2.05) is 48.5 Å². The van der Waals surface area contributed by atoms with E-state index < -0.39 is 0 Å². The van der Waals surface area contributed by atoms with E-state index >= 15 is 0 Å². The molecule has 4 rings (SSSR count). The number of nitrogens with zero attached hydrogens (tertiary/aromatic N) is 2. The van der Waals surface area contributed by atoms with Crippen molar-refractivity contribution >= 4 is 10.9 Å². The molecule has 0 aliphatic carbocycles. The number of benzene rings is 3. The molecule has 3 aromatic carbocycles. The van der Waals surface area contributed by atoms with Gasteiger partial charge in [-0.2, -0.15) is 5.10 Å². The summed E-state index contributed by atoms with van der Waals surface area (Å²) in [4.78, 5) is 0. The number of phenolic OH excluding ortho intramolecular Hbond substituents is 2. The molecule has 0 amide bonds. The van der Waals surface area contributed by atoms with E-state index in [1.165, 1.54) is 0 Å². The van der Waals surface area contributed by atoms with Crippen LogP contribution in [0.1, 0.15) is 0 Å². The molecule has 4 nitrogen and oxygen atoms in total. The van der Waals surface area contributed by atoms with E-state index in [0.29, 0.717) is 0 Å². The van der Waals surface area contributed by atoms with Gasteiger partial charge in [0, 0.05) is 23.1 Å². The monoisotopic (exact) mass is 302 g/mol. The lowest BCUT2D eigenvalue weighted by molar-refractivity contribution is 0.476. The predicted octanol–water partition coefficient (Wildman–Crippen LogP) is 4.10. The van der Waals surface area contributed by atoms with Crippen molar-refractivity contribution in [2.45, 2.75) is 0 Å². The third kappa shape index (κ3) is 2.30. The molecular weight excluding hydrogens is 288 g/mol. The van der Waals surface area contributed by atoms with Crippen LogP contribution in [-0.4, -0.2) is 20.0 Å². The lowest BCUT2D eigenvalue weighted by atomic mass is 10.0. The number of hydrogen-bond donors (Lipinski definition) is 2. The maximum Gasteiger partial charge on any atom is 0.125 e. The van der Waals surface area contributed by atoms with Crippen LogP contribution in [-0.2, 0) is 0 Å². The smallest absolute Gasteiger partial charge is 0.125 e. The summed E-state index contributed by atoms with van der Waals surface area (Å²) in [5, 5.41) is 25.3. The zero-order valence-electron chi connectivity index (χ0n) is 12.2. The Morgan fingerprint density at radius 3 is 2.43 bits per heavy atom. The molecule has 0 unspecified atom stereocenters. The highest BCUT2D eigenvalue weighted by atomic mass is 16.3. The first-order valence-corrected chi connectivity index (χ1v) is 7.28. The van der Waals surface area contributed by atoms with E-state index in [0.717, 1.165) is 27.7 Å². The number of aromatic nitrogens is 2. The lowest BCUT2D eigenvalue weighted by Crippen LogP contribution is -1.96. The van der Waals surface area contributed by atoms with Crippen LogP contribution in [0.2, 0.25) is 0 Å². The number of hydrogen-bond acceptors (Lipinski definition) is 3. The van der Waals surface area contributed by atoms with Gasteiger partial charge in [0.2, 0.25) is 0 Å². The summed E-state index contributed by atoms with van der Waals surface area (Å²) in [6.07, 6.45) is 1.73. The van der Waals surface area contributed by atoms with Gasteiger partial charge in [-0.3, -0.25) is 0 Å². The van der Waals surface area contributed by atoms with Crippen LogP contribution in [0.25, 0.3) is 27.7 Å². The topological polar surface area (TPSA) is 58.3 Å². The van der Waals surface area contributed by atoms with Gasteiger partial charge in [-0.25, -0.2) is 4.68 Å². The van der Waals surface area contributed by atoms with Crippen LogP contribution in [0, 0.1) is 0 Å². The van der Waals surface area contributed by atoms with Gasteiger partial charge < -0.3 is 10.2 Å². The van der Waals surface area contributed by atoms with Crippen LogP contribution in [0.4, 0.5) is 0 Å². The minimum atomic E-state index is 0.185. The summed E-state index contributed by atoms with van der Waals surface area (Å²) < 4.78 is 1.70. The van der Waals surface area contributed by atoms with E-state index in [1.54, 1.807) is 29.1 Å². The van der Waals surface area contributed by atoms with Crippen molar-refractivity contribution < 1.29 is 10.2 Å². The highest BCUT2D eigenvalue weighted by Crippen LogP contribution is 2.32. The Hall–Kier alpha value is -3.27. The fourth-order valence-electron chi connectivity index (χ4n) is 2.73. The van der Waals surface area contributed by atoms with Crippen LogP contribution in [0.15, 0.2) is 72.9 Å². The minimum Gasteiger partial charge on any atom is -0.508 e. The van der Waals surface area contributed by atoms with Crippen molar-refractivity contribution in [2.75, 3.05) is 0 Å². The van der Waals surface area contributed by atoms with Gasteiger partial charge in [0.25, 0.3) is 0 Å². The Bertz CT molecular complexity index is 991. The molecule has 0 aliphatic heterocycles. The second kappa shape index (κ2) is 5.18. The molecule has 1 heterocycles. The standard InChI is InChI=1S/C19H14N2O2/c22-16-8-6-14-12-20-21(18(14)11-16)15-7-9-17(19(23)10-15)13-4-2-1-3-5-13/h1-12,22-23H. The molecule has 0 bridgehead atoms. The lowest BCUT2D eigenvalue weighted by Gasteiger charge is -2.09. The molecule has 0 saturated heterocycles. The normalized spacial score (nSPS) is 11.0. The molecular formula is C19H14N2O2. The Labute approximate surface area is 132 Å². The molecule has 0 aliphatic rings. The van der Waals surface area contributed by atoms with Gasteiger partial charge in [0.15, 0.2) is 0 Å². The quantitative estimate of drug-likeness (QED) is 0.586. The fraction of sp³-hybridized carbons (Fsp3) is 0. The Morgan fingerprint density at radius 1 is 0.826 bits per heavy atom. The number of aromatic hydroxyl groups is 2. The predicted molar refractivity (Wildman–Crippen MR) is 89.8 cm³/mol. The zero-order chi connectivity index (χ0) is 15.8. The third-order valence-electron chi connectivity index (χ3n) is 3.87. The summed E-state index contributed by atoms with van der Waals surface area (Å²) in [7, 11) is 0. The fourth-order valence-corrected chi connectivity index (χ4v) is 2.73. The molecule has 2 N–H and O–H groups in total. The molecule has 0 radical (unpaired) electrons. The first-order valence-electron chi connectivity index (χ1n) is 7.28. The highest BCUT2D eigenvalue weighted by molar-refractivity contribution is 5.82. The number of phenols is 2. The summed E-state index contributed by atoms with van der Waals surface area (Å²) in [5.74, 6) is 0.377. The highest BCUT2D eigenvalue weighted by Gasteiger charge is 2.09. The van der Waals surface area contributed by atoms with Crippen LogP contribution < -0.4 is 0 Å². The summed E-state index contributed by atoms with van der Waals surface area (Å²) >= 11 is 0. The van der Waals surface area contributed by atoms with Gasteiger partial charge in [0.1, 0.15) is 11.5 Å². The molecule has 112 valence electrons. The van der Waals surface area contributed by atoms with E-state index in [-0.39, 0.29) is 11.5 Å².